The van der Waals surface area contributed by atoms with E-state index >= 15 is 0 Å². The molecule has 9 heteroatoms. The van der Waals surface area contributed by atoms with E-state index in [4.69, 9.17) is 29.2 Å². The summed E-state index contributed by atoms with van der Waals surface area (Å²) in [5.41, 5.74) is 1.69. The monoisotopic (exact) mass is 499 g/mol. The number of hydrogen-bond donors (Lipinski definition) is 3. The highest BCUT2D eigenvalue weighted by atomic mass is 16.8. The van der Waals surface area contributed by atoms with Crippen LogP contribution in [0.5, 0.6) is 0 Å². The number of rotatable bonds is 11. The molecule has 4 aliphatic rings. The van der Waals surface area contributed by atoms with E-state index in [9.17, 15) is 9.59 Å². The normalized spacial score (nSPS) is 26.8. The molecule has 3 fully saturated rings. The number of amides is 1. The van der Waals surface area contributed by atoms with Crippen molar-refractivity contribution in [1.82, 2.24) is 5.32 Å². The van der Waals surface area contributed by atoms with Crippen LogP contribution in [0.15, 0.2) is 42.2 Å². The first-order chi connectivity index (χ1) is 17.5. The van der Waals surface area contributed by atoms with Crippen molar-refractivity contribution < 1.29 is 38.7 Å². The Morgan fingerprint density at radius 2 is 1.78 bits per heavy atom. The third kappa shape index (κ3) is 5.34. The fraction of sp³-hybridized carbons (Fsp3) is 0.556. The lowest BCUT2D eigenvalue weighted by molar-refractivity contribution is -0.209. The minimum atomic E-state index is -0.673. The quantitative estimate of drug-likeness (QED) is 0.240. The summed E-state index contributed by atoms with van der Waals surface area (Å²) < 4.78 is 24.2. The second-order valence-electron chi connectivity index (χ2n) is 9.77. The van der Waals surface area contributed by atoms with E-state index in [0.717, 1.165) is 31.2 Å². The van der Waals surface area contributed by atoms with Crippen LogP contribution in [-0.4, -0.2) is 72.6 Å². The van der Waals surface area contributed by atoms with Gasteiger partial charge in [0.1, 0.15) is 24.9 Å². The number of carbonyl (C=O) groups is 2. The molecule has 3 unspecified atom stereocenters. The fourth-order valence-corrected chi connectivity index (χ4v) is 5.04. The molecule has 9 nitrogen and oxygen atoms in total. The lowest BCUT2D eigenvalue weighted by atomic mass is 9.91. The summed E-state index contributed by atoms with van der Waals surface area (Å²) in [7, 11) is 0. The molecule has 1 amide bonds. The standard InChI is InChI=1S/C27H33NO8/c29-11-10-28-25(31)19-15-22(24-23(16-19)35-27(36-24,20-5-6-20)21-7-8-21)34-26(32)18-3-1-17(2-4-18)9-13-33-14-12-30/h1-4,9,13,16,20-24,29-30H,5-8,10-12,14-15H2,(H,28,31). The molecule has 0 radical (unpaired) electrons. The maximum Gasteiger partial charge on any atom is 0.338 e. The van der Waals surface area contributed by atoms with E-state index in [0.29, 0.717) is 23.0 Å². The largest absolute Gasteiger partial charge is 0.499 e. The van der Waals surface area contributed by atoms with Gasteiger partial charge in [0.2, 0.25) is 5.91 Å². The van der Waals surface area contributed by atoms with Crippen molar-refractivity contribution in [2.45, 2.75) is 56.2 Å². The zero-order valence-corrected chi connectivity index (χ0v) is 20.1. The topological polar surface area (TPSA) is 124 Å². The van der Waals surface area contributed by atoms with Crippen LogP contribution < -0.4 is 5.32 Å². The van der Waals surface area contributed by atoms with Crippen LogP contribution in [0.1, 0.15) is 48.0 Å². The molecule has 1 aromatic carbocycles. The van der Waals surface area contributed by atoms with Crippen molar-refractivity contribution in [3.63, 3.8) is 0 Å². The molecule has 2 saturated carbocycles. The zero-order chi connectivity index (χ0) is 25.1. The number of benzene rings is 1. The number of esters is 1. The molecule has 5 rings (SSSR count). The molecule has 194 valence electrons. The molecule has 3 N–H and O–H groups in total. The van der Waals surface area contributed by atoms with E-state index in [1.54, 1.807) is 36.4 Å². The number of ether oxygens (including phenoxy) is 4. The minimum Gasteiger partial charge on any atom is -0.499 e. The Balaban J connectivity index is 1.31. The summed E-state index contributed by atoms with van der Waals surface area (Å²) in [4.78, 5) is 25.8. The van der Waals surface area contributed by atoms with Crippen LogP contribution in [0.25, 0.3) is 6.08 Å². The van der Waals surface area contributed by atoms with Gasteiger partial charge in [0.15, 0.2) is 5.79 Å². The number of nitrogens with one attached hydrogen (secondary N) is 1. The molecule has 1 aromatic rings. The second-order valence-corrected chi connectivity index (χ2v) is 9.77. The minimum absolute atomic E-state index is 0.0602. The second kappa shape index (κ2) is 10.7. The Bertz CT molecular complexity index is 999. The van der Waals surface area contributed by atoms with Crippen LogP contribution in [-0.2, 0) is 23.7 Å². The summed E-state index contributed by atoms with van der Waals surface area (Å²) in [5, 5.41) is 20.5. The Labute approximate surface area is 210 Å². The van der Waals surface area contributed by atoms with E-state index in [1.807, 2.05) is 0 Å². The molecule has 0 spiro atoms. The van der Waals surface area contributed by atoms with Crippen LogP contribution in [0.2, 0.25) is 0 Å². The lowest BCUT2D eigenvalue weighted by Gasteiger charge is -2.31. The fourth-order valence-electron chi connectivity index (χ4n) is 5.04. The van der Waals surface area contributed by atoms with E-state index in [2.05, 4.69) is 5.32 Å². The van der Waals surface area contributed by atoms with Crippen molar-refractivity contribution in [3.8, 4) is 0 Å². The van der Waals surface area contributed by atoms with Crippen molar-refractivity contribution in [3.05, 3.63) is 53.3 Å². The van der Waals surface area contributed by atoms with Gasteiger partial charge in [-0.15, -0.1) is 0 Å². The summed E-state index contributed by atoms with van der Waals surface area (Å²) in [5.74, 6) is -0.772. The van der Waals surface area contributed by atoms with Gasteiger partial charge in [-0.1, -0.05) is 12.1 Å². The Kier molecular flexibility index (Phi) is 7.43. The Morgan fingerprint density at radius 1 is 1.06 bits per heavy atom. The average Bonchev–Trinajstić information content (AvgIpc) is 3.82. The molecular weight excluding hydrogens is 466 g/mol. The van der Waals surface area contributed by atoms with Crippen molar-refractivity contribution in [2.24, 2.45) is 11.8 Å². The van der Waals surface area contributed by atoms with Crippen LogP contribution in [0, 0.1) is 11.8 Å². The smallest absolute Gasteiger partial charge is 0.338 e. The van der Waals surface area contributed by atoms with Gasteiger partial charge in [0.25, 0.3) is 0 Å². The zero-order valence-electron chi connectivity index (χ0n) is 20.1. The van der Waals surface area contributed by atoms with Gasteiger partial charge >= 0.3 is 5.97 Å². The Hall–Kier alpha value is -2.72. The summed E-state index contributed by atoms with van der Waals surface area (Å²) in [6.45, 7) is 0.142. The highest BCUT2D eigenvalue weighted by molar-refractivity contribution is 5.94. The maximum atomic E-state index is 13.1. The van der Waals surface area contributed by atoms with Crippen molar-refractivity contribution in [1.29, 1.82) is 0 Å². The number of carbonyl (C=O) groups excluding carboxylic acids is 2. The van der Waals surface area contributed by atoms with Crippen LogP contribution in [0.3, 0.4) is 0 Å². The summed E-state index contributed by atoms with van der Waals surface area (Å²) in [6, 6.07) is 6.88. The molecule has 3 atom stereocenters. The van der Waals surface area contributed by atoms with Crippen molar-refractivity contribution >= 4 is 18.0 Å². The molecule has 0 aromatic heterocycles. The first kappa shape index (κ1) is 25.0. The van der Waals surface area contributed by atoms with E-state index in [-0.39, 0.29) is 38.7 Å². The first-order valence-corrected chi connectivity index (χ1v) is 12.7. The SMILES string of the molecule is O=C(NCCO)C1=CC2OC(C3CC3)(C3CC3)OC2C(OC(=O)c2ccc(C=COCCO)cc2)C1. The molecule has 1 aliphatic heterocycles. The maximum absolute atomic E-state index is 13.1. The predicted molar refractivity (Wildman–Crippen MR) is 128 cm³/mol. The van der Waals surface area contributed by atoms with Gasteiger partial charge < -0.3 is 34.5 Å². The van der Waals surface area contributed by atoms with Crippen LogP contribution in [0.4, 0.5) is 0 Å². The molecule has 3 aliphatic carbocycles. The van der Waals surface area contributed by atoms with E-state index in [1.165, 1.54) is 6.26 Å². The van der Waals surface area contributed by atoms with Gasteiger partial charge in [0, 0.05) is 30.4 Å². The third-order valence-corrected chi connectivity index (χ3v) is 7.07. The highest BCUT2D eigenvalue weighted by Gasteiger charge is 2.64. The van der Waals surface area contributed by atoms with Crippen LogP contribution >= 0.6 is 0 Å². The molecule has 0 bridgehead atoms. The Morgan fingerprint density at radius 3 is 2.42 bits per heavy atom. The first-order valence-electron chi connectivity index (χ1n) is 12.7. The number of aliphatic hydroxyl groups excluding tert-OH is 2. The summed E-state index contributed by atoms with van der Waals surface area (Å²) >= 11 is 0. The van der Waals surface area contributed by atoms with Crippen molar-refractivity contribution in [2.75, 3.05) is 26.4 Å². The number of aliphatic hydroxyl groups is 2. The molecular formula is C27H33NO8. The lowest BCUT2D eigenvalue weighted by Crippen LogP contribution is -2.44. The van der Waals surface area contributed by atoms with Gasteiger partial charge in [-0.25, -0.2) is 4.79 Å². The molecule has 36 heavy (non-hydrogen) atoms. The number of fused-ring (bicyclic) bond motifs is 1. The average molecular weight is 500 g/mol. The highest BCUT2D eigenvalue weighted by Crippen LogP contribution is 2.59. The number of hydrogen-bond acceptors (Lipinski definition) is 8. The third-order valence-electron chi connectivity index (χ3n) is 7.07. The van der Waals surface area contributed by atoms with Gasteiger partial charge in [0.05, 0.1) is 25.0 Å². The summed E-state index contributed by atoms with van der Waals surface area (Å²) in [6.07, 6.45) is 7.83. The van der Waals surface area contributed by atoms with E-state index < -0.39 is 30.1 Å². The van der Waals surface area contributed by atoms with Gasteiger partial charge in [-0.2, -0.15) is 0 Å². The van der Waals surface area contributed by atoms with Gasteiger partial charge in [-0.3, -0.25) is 4.79 Å². The van der Waals surface area contributed by atoms with Gasteiger partial charge in [-0.05, 0) is 55.5 Å². The predicted octanol–water partition coefficient (Wildman–Crippen LogP) is 1.93. The molecule has 1 heterocycles. The molecule has 1 saturated heterocycles.